The predicted molar refractivity (Wildman–Crippen MR) is 60.9 cm³/mol. The number of benzene rings is 1. The summed E-state index contributed by atoms with van der Waals surface area (Å²) in [6, 6.07) is 2.39. The van der Waals surface area contributed by atoms with E-state index in [9.17, 15) is 13.9 Å². The third-order valence-electron chi connectivity index (χ3n) is 3.25. The van der Waals surface area contributed by atoms with Gasteiger partial charge in [-0.1, -0.05) is 6.07 Å². The first-order chi connectivity index (χ1) is 8.11. The highest BCUT2D eigenvalue weighted by molar-refractivity contribution is 5.36. The van der Waals surface area contributed by atoms with Crippen molar-refractivity contribution in [3.63, 3.8) is 0 Å². The first-order valence-electron chi connectivity index (χ1n) is 5.73. The highest BCUT2D eigenvalue weighted by atomic mass is 19.2. The molecule has 0 saturated carbocycles. The van der Waals surface area contributed by atoms with E-state index in [1.807, 2.05) is 6.92 Å². The van der Waals surface area contributed by atoms with Crippen LogP contribution in [0.5, 0.6) is 5.75 Å². The lowest BCUT2D eigenvalue weighted by Crippen LogP contribution is -2.44. The van der Waals surface area contributed by atoms with Gasteiger partial charge >= 0.3 is 0 Å². The van der Waals surface area contributed by atoms with Crippen LogP contribution in [-0.4, -0.2) is 36.2 Å². The van der Waals surface area contributed by atoms with Crippen LogP contribution < -0.4 is 5.32 Å². The number of phenols is 1. The van der Waals surface area contributed by atoms with Crippen LogP contribution >= 0.6 is 0 Å². The molecule has 1 fully saturated rings. The summed E-state index contributed by atoms with van der Waals surface area (Å²) in [5.74, 6) is -2.75. The summed E-state index contributed by atoms with van der Waals surface area (Å²) in [6.45, 7) is 5.29. The molecule has 0 radical (unpaired) electrons. The summed E-state index contributed by atoms with van der Waals surface area (Å²) < 4.78 is 26.2. The zero-order valence-electron chi connectivity index (χ0n) is 9.71. The van der Waals surface area contributed by atoms with Crippen molar-refractivity contribution < 1.29 is 13.9 Å². The fraction of sp³-hybridized carbons (Fsp3) is 0.500. The lowest BCUT2D eigenvalue weighted by Gasteiger charge is -2.33. The minimum absolute atomic E-state index is 0.118. The lowest BCUT2D eigenvalue weighted by atomic mass is 10.0. The monoisotopic (exact) mass is 242 g/mol. The molecule has 2 N–H and O–H groups in total. The fourth-order valence-corrected chi connectivity index (χ4v) is 2.16. The SMILES string of the molecule is C[C@@H](c1ccc(F)c(F)c1O)N1CCNCC1. The number of halogens is 2. The molecule has 1 aromatic rings. The van der Waals surface area contributed by atoms with E-state index in [0.29, 0.717) is 5.56 Å². The van der Waals surface area contributed by atoms with Crippen molar-refractivity contribution in [3.8, 4) is 5.75 Å². The maximum absolute atomic E-state index is 13.3. The maximum atomic E-state index is 13.3. The van der Waals surface area contributed by atoms with Gasteiger partial charge in [0.05, 0.1) is 0 Å². The van der Waals surface area contributed by atoms with Crippen molar-refractivity contribution in [1.82, 2.24) is 10.2 Å². The molecule has 0 aromatic heterocycles. The van der Waals surface area contributed by atoms with E-state index in [1.54, 1.807) is 0 Å². The van der Waals surface area contributed by atoms with E-state index < -0.39 is 17.4 Å². The van der Waals surface area contributed by atoms with Gasteiger partial charge in [0.2, 0.25) is 5.82 Å². The third kappa shape index (κ3) is 2.40. The molecule has 0 amide bonds. The molecule has 0 unspecified atom stereocenters. The van der Waals surface area contributed by atoms with Gasteiger partial charge in [0.15, 0.2) is 11.6 Å². The Balaban J connectivity index is 2.24. The zero-order chi connectivity index (χ0) is 12.4. The molecular weight excluding hydrogens is 226 g/mol. The Hall–Kier alpha value is -1.20. The lowest BCUT2D eigenvalue weighted by molar-refractivity contribution is 0.182. The molecule has 1 aliphatic heterocycles. The molecule has 0 aliphatic carbocycles. The summed E-state index contributed by atoms with van der Waals surface area (Å²) in [5, 5.41) is 12.8. The van der Waals surface area contributed by atoms with Gasteiger partial charge < -0.3 is 10.4 Å². The van der Waals surface area contributed by atoms with Gasteiger partial charge in [0, 0.05) is 37.8 Å². The number of nitrogens with one attached hydrogen (secondary N) is 1. The Kier molecular flexibility index (Phi) is 3.59. The standard InChI is InChI=1S/C12H16F2N2O/c1-8(16-6-4-15-5-7-16)9-2-3-10(13)11(14)12(9)17/h2-3,8,15,17H,4-7H2,1H3/t8-/m0/s1. The van der Waals surface area contributed by atoms with Gasteiger partial charge in [-0.3, -0.25) is 4.90 Å². The average molecular weight is 242 g/mol. The second-order valence-electron chi connectivity index (χ2n) is 4.26. The van der Waals surface area contributed by atoms with Crippen LogP contribution in [0.2, 0.25) is 0 Å². The highest BCUT2D eigenvalue weighted by Crippen LogP contribution is 2.31. The van der Waals surface area contributed by atoms with Gasteiger partial charge in [-0.25, -0.2) is 4.39 Å². The number of phenolic OH excluding ortho intramolecular Hbond substituents is 1. The summed E-state index contributed by atoms with van der Waals surface area (Å²) in [7, 11) is 0. The molecule has 1 aromatic carbocycles. The molecule has 94 valence electrons. The van der Waals surface area contributed by atoms with Crippen molar-refractivity contribution in [3.05, 3.63) is 29.3 Å². The van der Waals surface area contributed by atoms with Gasteiger partial charge in [0.25, 0.3) is 0 Å². The molecule has 1 heterocycles. The van der Waals surface area contributed by atoms with Gasteiger partial charge in [-0.2, -0.15) is 4.39 Å². The Morgan fingerprint density at radius 2 is 1.94 bits per heavy atom. The molecule has 0 spiro atoms. The highest BCUT2D eigenvalue weighted by Gasteiger charge is 2.23. The van der Waals surface area contributed by atoms with E-state index >= 15 is 0 Å². The Labute approximate surface area is 99.1 Å². The second kappa shape index (κ2) is 4.98. The Morgan fingerprint density at radius 1 is 1.29 bits per heavy atom. The maximum Gasteiger partial charge on any atom is 0.200 e. The third-order valence-corrected chi connectivity index (χ3v) is 3.25. The van der Waals surface area contributed by atoms with Crippen molar-refractivity contribution in [2.45, 2.75) is 13.0 Å². The molecule has 1 atom stereocenters. The van der Waals surface area contributed by atoms with Gasteiger partial charge in [0.1, 0.15) is 0 Å². The quantitative estimate of drug-likeness (QED) is 0.827. The fourth-order valence-electron chi connectivity index (χ4n) is 2.16. The molecule has 2 rings (SSSR count). The molecule has 5 heteroatoms. The van der Waals surface area contributed by atoms with Crippen LogP contribution in [0, 0.1) is 11.6 Å². The van der Waals surface area contributed by atoms with Crippen LogP contribution in [0.15, 0.2) is 12.1 Å². The van der Waals surface area contributed by atoms with Crippen molar-refractivity contribution in [2.75, 3.05) is 26.2 Å². The Bertz CT molecular complexity index is 406. The molecule has 1 aliphatic rings. The van der Waals surface area contributed by atoms with Gasteiger partial charge in [-0.05, 0) is 13.0 Å². The van der Waals surface area contributed by atoms with Crippen LogP contribution in [0.4, 0.5) is 8.78 Å². The number of hydrogen-bond acceptors (Lipinski definition) is 3. The van der Waals surface area contributed by atoms with Crippen LogP contribution in [-0.2, 0) is 0 Å². The zero-order valence-corrected chi connectivity index (χ0v) is 9.71. The number of aromatic hydroxyl groups is 1. The first kappa shape index (κ1) is 12.3. The average Bonchev–Trinajstić information content (AvgIpc) is 2.36. The van der Waals surface area contributed by atoms with Crippen molar-refractivity contribution >= 4 is 0 Å². The largest absolute Gasteiger partial charge is 0.505 e. The number of piperazine rings is 1. The van der Waals surface area contributed by atoms with E-state index in [2.05, 4.69) is 10.2 Å². The predicted octanol–water partition coefficient (Wildman–Crippen LogP) is 1.64. The van der Waals surface area contributed by atoms with Crippen LogP contribution in [0.25, 0.3) is 0 Å². The van der Waals surface area contributed by atoms with Crippen LogP contribution in [0.3, 0.4) is 0 Å². The van der Waals surface area contributed by atoms with Crippen molar-refractivity contribution in [2.24, 2.45) is 0 Å². The number of hydrogen-bond donors (Lipinski definition) is 2. The van der Waals surface area contributed by atoms with Gasteiger partial charge in [-0.15, -0.1) is 0 Å². The summed E-state index contributed by atoms with van der Waals surface area (Å²) in [6.07, 6.45) is 0. The van der Waals surface area contributed by atoms with E-state index in [0.717, 1.165) is 32.2 Å². The van der Waals surface area contributed by atoms with Crippen LogP contribution in [0.1, 0.15) is 18.5 Å². The molecule has 1 saturated heterocycles. The number of rotatable bonds is 2. The molecule has 17 heavy (non-hydrogen) atoms. The van der Waals surface area contributed by atoms with E-state index in [1.165, 1.54) is 6.07 Å². The minimum Gasteiger partial charge on any atom is -0.505 e. The molecular formula is C12H16F2N2O. The van der Waals surface area contributed by atoms with Crippen molar-refractivity contribution in [1.29, 1.82) is 0 Å². The second-order valence-corrected chi connectivity index (χ2v) is 4.26. The van der Waals surface area contributed by atoms with E-state index in [-0.39, 0.29) is 6.04 Å². The van der Waals surface area contributed by atoms with E-state index in [4.69, 9.17) is 0 Å². The smallest absolute Gasteiger partial charge is 0.200 e. The Morgan fingerprint density at radius 3 is 2.59 bits per heavy atom. The summed E-state index contributed by atoms with van der Waals surface area (Å²) in [4.78, 5) is 2.13. The normalized spacial score (nSPS) is 19.2. The first-order valence-corrected chi connectivity index (χ1v) is 5.73. The summed E-state index contributed by atoms with van der Waals surface area (Å²) >= 11 is 0. The molecule has 0 bridgehead atoms. The number of nitrogens with zero attached hydrogens (tertiary/aromatic N) is 1. The minimum atomic E-state index is -1.16. The summed E-state index contributed by atoms with van der Waals surface area (Å²) in [5.41, 5.74) is 0.436. The topological polar surface area (TPSA) is 35.5 Å². The molecule has 3 nitrogen and oxygen atoms in total.